The van der Waals surface area contributed by atoms with Crippen molar-refractivity contribution < 1.29 is 19.4 Å². The lowest BCUT2D eigenvalue weighted by molar-refractivity contribution is -0.149. The first-order chi connectivity index (χ1) is 9.58. The van der Waals surface area contributed by atoms with Gasteiger partial charge in [0.05, 0.1) is 24.0 Å². The maximum absolute atomic E-state index is 12.5. The van der Waals surface area contributed by atoms with E-state index in [1.54, 1.807) is 0 Å². The summed E-state index contributed by atoms with van der Waals surface area (Å²) in [6.07, 6.45) is 4.97. The number of carboxylic acid groups (broad SMARTS) is 1. The summed E-state index contributed by atoms with van der Waals surface area (Å²) in [7, 11) is 0. The molecule has 3 rings (SSSR count). The second-order valence-corrected chi connectivity index (χ2v) is 6.57. The summed E-state index contributed by atoms with van der Waals surface area (Å²) in [5, 5.41) is 12.4. The van der Waals surface area contributed by atoms with E-state index < -0.39 is 11.9 Å². The highest BCUT2D eigenvalue weighted by atomic mass is 16.5. The first-order valence-corrected chi connectivity index (χ1v) is 7.72. The Kier molecular flexibility index (Phi) is 3.71. The Morgan fingerprint density at radius 1 is 1.20 bits per heavy atom. The van der Waals surface area contributed by atoms with E-state index in [0.717, 1.165) is 38.7 Å². The van der Waals surface area contributed by atoms with Crippen LogP contribution in [0.2, 0.25) is 0 Å². The molecule has 0 spiro atoms. The molecule has 2 aliphatic carbocycles. The van der Waals surface area contributed by atoms with Gasteiger partial charge in [-0.1, -0.05) is 0 Å². The Morgan fingerprint density at radius 2 is 1.90 bits per heavy atom. The topological polar surface area (TPSA) is 75.6 Å². The van der Waals surface area contributed by atoms with Crippen LogP contribution in [0.4, 0.5) is 0 Å². The molecule has 1 amide bonds. The molecular weight excluding hydrogens is 258 g/mol. The average molecular weight is 281 g/mol. The molecule has 2 bridgehead atoms. The van der Waals surface area contributed by atoms with E-state index in [-0.39, 0.29) is 35.8 Å². The smallest absolute Gasteiger partial charge is 0.307 e. The predicted molar refractivity (Wildman–Crippen MR) is 72.0 cm³/mol. The van der Waals surface area contributed by atoms with Gasteiger partial charge >= 0.3 is 5.97 Å². The zero-order chi connectivity index (χ0) is 14.3. The second kappa shape index (κ2) is 5.35. The third-order valence-electron chi connectivity index (χ3n) is 5.40. The van der Waals surface area contributed by atoms with Gasteiger partial charge in [0, 0.05) is 6.61 Å². The number of carboxylic acids is 1. The normalized spacial score (nSPS) is 40.8. The molecule has 5 heteroatoms. The Labute approximate surface area is 119 Å². The minimum atomic E-state index is -0.804. The van der Waals surface area contributed by atoms with Crippen molar-refractivity contribution in [2.45, 2.75) is 51.2 Å². The molecule has 1 heterocycles. The standard InChI is InChI=1S/C15H23NO4/c1-8(11-3-2-6-20-11)16-14(17)12-9-4-5-10(7-9)13(12)15(18)19/h8-13H,2-7H2,1H3,(H,16,17)(H,18,19)/t8-,9+,10-,11-,12-,13-/m1/s1. The van der Waals surface area contributed by atoms with Gasteiger partial charge in [-0.25, -0.2) is 0 Å². The van der Waals surface area contributed by atoms with Crippen LogP contribution in [0, 0.1) is 23.7 Å². The third kappa shape index (κ3) is 2.32. The molecule has 2 N–H and O–H groups in total. The number of rotatable bonds is 4. The van der Waals surface area contributed by atoms with E-state index in [0.29, 0.717) is 0 Å². The van der Waals surface area contributed by atoms with Crippen molar-refractivity contribution in [2.75, 3.05) is 6.61 Å². The largest absolute Gasteiger partial charge is 0.481 e. The SMILES string of the molecule is C[C@@H](NC(=O)[C@@H]1[C@H]2CC[C@H](C2)[C@H]1C(=O)O)[C@H]1CCCO1. The van der Waals surface area contributed by atoms with E-state index in [2.05, 4.69) is 5.32 Å². The molecule has 3 aliphatic rings. The number of hydrogen-bond acceptors (Lipinski definition) is 3. The van der Waals surface area contributed by atoms with Crippen LogP contribution in [0.1, 0.15) is 39.0 Å². The number of carbonyl (C=O) groups excluding carboxylic acids is 1. The highest BCUT2D eigenvalue weighted by molar-refractivity contribution is 5.86. The molecule has 3 fully saturated rings. The predicted octanol–water partition coefficient (Wildman–Crippen LogP) is 1.42. The number of hydrogen-bond donors (Lipinski definition) is 2. The van der Waals surface area contributed by atoms with Gasteiger partial charge in [-0.3, -0.25) is 9.59 Å². The monoisotopic (exact) mass is 281 g/mol. The van der Waals surface area contributed by atoms with Crippen molar-refractivity contribution in [3.05, 3.63) is 0 Å². The molecule has 2 saturated carbocycles. The minimum Gasteiger partial charge on any atom is -0.481 e. The van der Waals surface area contributed by atoms with E-state index >= 15 is 0 Å². The molecule has 0 unspecified atom stereocenters. The van der Waals surface area contributed by atoms with Gasteiger partial charge in [0.25, 0.3) is 0 Å². The first-order valence-electron chi connectivity index (χ1n) is 7.72. The molecule has 0 radical (unpaired) electrons. The number of carbonyl (C=O) groups is 2. The zero-order valence-corrected chi connectivity index (χ0v) is 11.9. The van der Waals surface area contributed by atoms with Gasteiger partial charge in [0.2, 0.25) is 5.91 Å². The maximum atomic E-state index is 12.5. The van der Waals surface area contributed by atoms with Crippen molar-refractivity contribution in [3.8, 4) is 0 Å². The van der Waals surface area contributed by atoms with E-state index in [1.807, 2.05) is 6.92 Å². The average Bonchev–Trinajstić information content (AvgIpc) is 3.13. The van der Waals surface area contributed by atoms with Gasteiger partial charge in [0.1, 0.15) is 0 Å². The Bertz CT molecular complexity index is 405. The van der Waals surface area contributed by atoms with Gasteiger partial charge in [-0.2, -0.15) is 0 Å². The fourth-order valence-electron chi connectivity index (χ4n) is 4.43. The summed E-state index contributed by atoms with van der Waals surface area (Å²) in [4.78, 5) is 23.9. The lowest BCUT2D eigenvalue weighted by Gasteiger charge is -2.29. The van der Waals surface area contributed by atoms with Crippen molar-refractivity contribution in [3.63, 3.8) is 0 Å². The number of aliphatic carboxylic acids is 1. The Hall–Kier alpha value is -1.10. The van der Waals surface area contributed by atoms with E-state index in [1.165, 1.54) is 0 Å². The zero-order valence-electron chi connectivity index (χ0n) is 11.9. The fraction of sp³-hybridized carbons (Fsp3) is 0.867. The summed E-state index contributed by atoms with van der Waals surface area (Å²) in [6, 6.07) is -0.0291. The van der Waals surface area contributed by atoms with Gasteiger partial charge in [-0.15, -0.1) is 0 Å². The summed E-state index contributed by atoms with van der Waals surface area (Å²) in [6.45, 7) is 2.72. The molecule has 1 saturated heterocycles. The summed E-state index contributed by atoms with van der Waals surface area (Å²) in [5.74, 6) is -1.24. The van der Waals surface area contributed by atoms with Crippen LogP contribution in [0.15, 0.2) is 0 Å². The number of ether oxygens (including phenoxy) is 1. The molecular formula is C15H23NO4. The molecule has 6 atom stereocenters. The van der Waals surface area contributed by atoms with Crippen LogP contribution in [0.25, 0.3) is 0 Å². The van der Waals surface area contributed by atoms with Crippen LogP contribution >= 0.6 is 0 Å². The highest BCUT2D eigenvalue weighted by Crippen LogP contribution is 2.52. The van der Waals surface area contributed by atoms with Crippen LogP contribution in [0.5, 0.6) is 0 Å². The lowest BCUT2D eigenvalue weighted by Crippen LogP contribution is -2.47. The van der Waals surface area contributed by atoms with Crippen molar-refractivity contribution in [1.82, 2.24) is 5.32 Å². The van der Waals surface area contributed by atoms with Crippen LogP contribution in [0.3, 0.4) is 0 Å². The number of amides is 1. The van der Waals surface area contributed by atoms with Crippen molar-refractivity contribution in [2.24, 2.45) is 23.7 Å². The Morgan fingerprint density at radius 3 is 2.50 bits per heavy atom. The quantitative estimate of drug-likeness (QED) is 0.817. The molecule has 5 nitrogen and oxygen atoms in total. The molecule has 112 valence electrons. The van der Waals surface area contributed by atoms with Crippen LogP contribution < -0.4 is 5.32 Å². The van der Waals surface area contributed by atoms with Crippen molar-refractivity contribution >= 4 is 11.9 Å². The minimum absolute atomic E-state index is 0.0291. The van der Waals surface area contributed by atoms with Crippen LogP contribution in [-0.4, -0.2) is 35.7 Å². The molecule has 20 heavy (non-hydrogen) atoms. The first kappa shape index (κ1) is 13.9. The number of fused-ring (bicyclic) bond motifs is 2. The fourth-order valence-corrected chi connectivity index (χ4v) is 4.43. The molecule has 0 aromatic carbocycles. The van der Waals surface area contributed by atoms with Gasteiger partial charge in [-0.05, 0) is 50.9 Å². The summed E-state index contributed by atoms with van der Waals surface area (Å²) < 4.78 is 5.58. The molecule has 1 aliphatic heterocycles. The Balaban J connectivity index is 1.65. The van der Waals surface area contributed by atoms with E-state index in [9.17, 15) is 14.7 Å². The molecule has 0 aromatic heterocycles. The second-order valence-electron chi connectivity index (χ2n) is 6.57. The summed E-state index contributed by atoms with van der Waals surface area (Å²) >= 11 is 0. The summed E-state index contributed by atoms with van der Waals surface area (Å²) in [5.41, 5.74) is 0. The van der Waals surface area contributed by atoms with Crippen LogP contribution in [-0.2, 0) is 14.3 Å². The van der Waals surface area contributed by atoms with Crippen molar-refractivity contribution in [1.29, 1.82) is 0 Å². The third-order valence-corrected chi connectivity index (χ3v) is 5.40. The highest BCUT2D eigenvalue weighted by Gasteiger charge is 2.54. The lowest BCUT2D eigenvalue weighted by atomic mass is 9.78. The van der Waals surface area contributed by atoms with Gasteiger partial charge < -0.3 is 15.2 Å². The molecule has 0 aromatic rings. The number of nitrogens with one attached hydrogen (secondary N) is 1. The van der Waals surface area contributed by atoms with Gasteiger partial charge in [0.15, 0.2) is 0 Å². The maximum Gasteiger partial charge on any atom is 0.307 e. The van der Waals surface area contributed by atoms with E-state index in [4.69, 9.17) is 4.74 Å².